The molecule has 1 aliphatic carbocycles. The van der Waals surface area contributed by atoms with Crippen LogP contribution in [0.25, 0.3) is 0 Å². The monoisotopic (exact) mass is 300 g/mol. The molecule has 0 bridgehead atoms. The van der Waals surface area contributed by atoms with Gasteiger partial charge in [-0.1, -0.05) is 42.6 Å². The van der Waals surface area contributed by atoms with Crippen molar-refractivity contribution in [1.29, 1.82) is 0 Å². The Morgan fingerprint density at radius 2 is 2.00 bits per heavy atom. The summed E-state index contributed by atoms with van der Waals surface area (Å²) in [5.74, 6) is 1.81. The van der Waals surface area contributed by atoms with Gasteiger partial charge in [0, 0.05) is 9.75 Å². The summed E-state index contributed by atoms with van der Waals surface area (Å²) >= 11 is 5.91. The lowest BCUT2D eigenvalue weighted by atomic mass is 9.81. The molecule has 1 aromatic heterocycles. The first-order valence-corrected chi connectivity index (χ1v) is 8.16. The number of thiophene rings is 1. The molecule has 16 heavy (non-hydrogen) atoms. The average molecular weight is 301 g/mol. The van der Waals surface area contributed by atoms with Gasteiger partial charge in [-0.15, -0.1) is 11.3 Å². The minimum Gasteiger partial charge on any atom is -0.144 e. The molecule has 2 heteroatoms. The summed E-state index contributed by atoms with van der Waals surface area (Å²) in [5.41, 5.74) is 0. The fraction of sp³-hybridized carbons (Fsp3) is 0.714. The van der Waals surface area contributed by atoms with E-state index in [1.807, 2.05) is 11.3 Å². The van der Waals surface area contributed by atoms with Crippen LogP contribution in [0, 0.1) is 11.8 Å². The van der Waals surface area contributed by atoms with Gasteiger partial charge in [-0.25, -0.2) is 0 Å². The maximum atomic E-state index is 3.92. The van der Waals surface area contributed by atoms with Crippen molar-refractivity contribution >= 4 is 27.3 Å². The van der Waals surface area contributed by atoms with Gasteiger partial charge in [0.1, 0.15) is 0 Å². The minimum atomic E-state index is 0.602. The second-order valence-corrected chi connectivity index (χ2v) is 7.27. The molecule has 1 aliphatic rings. The summed E-state index contributed by atoms with van der Waals surface area (Å²) in [4.78, 5) is 3.66. The van der Waals surface area contributed by atoms with Crippen LogP contribution in [0.15, 0.2) is 12.1 Å². The number of alkyl halides is 1. The zero-order chi connectivity index (χ0) is 11.5. The predicted molar refractivity (Wildman–Crippen MR) is 76.5 cm³/mol. The molecule has 0 saturated heterocycles. The highest BCUT2D eigenvalue weighted by Crippen LogP contribution is 2.43. The van der Waals surface area contributed by atoms with Crippen molar-refractivity contribution in [3.05, 3.63) is 21.9 Å². The van der Waals surface area contributed by atoms with Gasteiger partial charge in [0.15, 0.2) is 0 Å². The van der Waals surface area contributed by atoms with E-state index in [1.165, 1.54) is 41.9 Å². The van der Waals surface area contributed by atoms with E-state index < -0.39 is 0 Å². The molecule has 2 rings (SSSR count). The van der Waals surface area contributed by atoms with Crippen molar-refractivity contribution in [3.63, 3.8) is 0 Å². The minimum absolute atomic E-state index is 0.602. The van der Waals surface area contributed by atoms with E-state index in [9.17, 15) is 0 Å². The molecular weight excluding hydrogens is 280 g/mol. The Bertz CT molecular complexity index is 323. The van der Waals surface area contributed by atoms with E-state index in [2.05, 4.69) is 41.9 Å². The van der Waals surface area contributed by atoms with Gasteiger partial charge < -0.3 is 0 Å². The first kappa shape index (κ1) is 12.6. The van der Waals surface area contributed by atoms with Crippen LogP contribution in [0.2, 0.25) is 0 Å². The molecule has 0 aliphatic heterocycles. The molecule has 0 nitrogen and oxygen atoms in total. The van der Waals surface area contributed by atoms with Crippen LogP contribution in [-0.2, 0) is 6.42 Å². The maximum Gasteiger partial charge on any atom is 0.0517 e. The van der Waals surface area contributed by atoms with Gasteiger partial charge in [0.25, 0.3) is 0 Å². The Hall–Kier alpha value is 0.180. The zero-order valence-electron chi connectivity index (χ0n) is 10.2. The molecule has 1 heterocycles. The molecule has 0 amide bonds. The molecule has 1 atom stereocenters. The van der Waals surface area contributed by atoms with Crippen LogP contribution in [0.5, 0.6) is 0 Å². The van der Waals surface area contributed by atoms with Gasteiger partial charge in [-0.3, -0.25) is 0 Å². The van der Waals surface area contributed by atoms with Crippen molar-refractivity contribution in [3.8, 4) is 0 Å². The average Bonchev–Trinajstić information content (AvgIpc) is 2.77. The summed E-state index contributed by atoms with van der Waals surface area (Å²) < 4.78 is 0. The van der Waals surface area contributed by atoms with Gasteiger partial charge in [-0.2, -0.15) is 0 Å². The number of rotatable bonds is 3. The van der Waals surface area contributed by atoms with Crippen LogP contribution < -0.4 is 0 Å². The summed E-state index contributed by atoms with van der Waals surface area (Å²) in [6, 6.07) is 4.61. The third-order valence-electron chi connectivity index (χ3n) is 3.78. The van der Waals surface area contributed by atoms with Crippen LogP contribution >= 0.6 is 27.3 Å². The first-order chi connectivity index (χ1) is 7.70. The standard InChI is InChI=1S/C14H21BrS/c1-3-12-8-9-13(16-12)14(15)11-6-4-10(2)5-7-11/h8-11,14H,3-7H2,1-2H3. The van der Waals surface area contributed by atoms with E-state index in [4.69, 9.17) is 0 Å². The van der Waals surface area contributed by atoms with Crippen molar-refractivity contribution < 1.29 is 0 Å². The third-order valence-corrected chi connectivity index (χ3v) is 6.63. The molecule has 1 saturated carbocycles. The van der Waals surface area contributed by atoms with Gasteiger partial charge >= 0.3 is 0 Å². The van der Waals surface area contributed by atoms with Crippen molar-refractivity contribution in [2.24, 2.45) is 11.8 Å². The lowest BCUT2D eigenvalue weighted by molar-refractivity contribution is 0.288. The molecule has 1 unspecified atom stereocenters. The Balaban J connectivity index is 1.98. The van der Waals surface area contributed by atoms with E-state index in [0.29, 0.717) is 4.83 Å². The molecular formula is C14H21BrS. The van der Waals surface area contributed by atoms with Gasteiger partial charge in [0.05, 0.1) is 4.83 Å². The molecule has 0 N–H and O–H groups in total. The smallest absolute Gasteiger partial charge is 0.0517 e. The molecule has 1 aromatic rings. The Morgan fingerprint density at radius 1 is 1.31 bits per heavy atom. The molecule has 90 valence electrons. The van der Waals surface area contributed by atoms with Crippen molar-refractivity contribution in [2.75, 3.05) is 0 Å². The third kappa shape index (κ3) is 2.89. The number of halogens is 1. The lowest BCUT2D eigenvalue weighted by Gasteiger charge is -2.29. The van der Waals surface area contributed by atoms with Crippen molar-refractivity contribution in [2.45, 2.75) is 50.8 Å². The Labute approximate surface area is 112 Å². The summed E-state index contributed by atoms with van der Waals surface area (Å²) in [6.07, 6.45) is 6.80. The first-order valence-electron chi connectivity index (χ1n) is 6.43. The van der Waals surface area contributed by atoms with Crippen LogP contribution in [0.1, 0.15) is 54.1 Å². The number of hydrogen-bond donors (Lipinski definition) is 0. The molecule has 0 spiro atoms. The fourth-order valence-electron chi connectivity index (χ4n) is 2.54. The Morgan fingerprint density at radius 3 is 2.56 bits per heavy atom. The quantitative estimate of drug-likeness (QED) is 0.640. The number of aryl methyl sites for hydroxylation is 1. The highest BCUT2D eigenvalue weighted by atomic mass is 79.9. The van der Waals surface area contributed by atoms with E-state index >= 15 is 0 Å². The van der Waals surface area contributed by atoms with Gasteiger partial charge in [-0.05, 0) is 43.2 Å². The van der Waals surface area contributed by atoms with Crippen LogP contribution in [-0.4, -0.2) is 0 Å². The van der Waals surface area contributed by atoms with E-state index in [0.717, 1.165) is 11.8 Å². The van der Waals surface area contributed by atoms with Gasteiger partial charge in [0.2, 0.25) is 0 Å². The van der Waals surface area contributed by atoms with E-state index in [-0.39, 0.29) is 0 Å². The SMILES string of the molecule is CCc1ccc(C(Br)C2CCC(C)CC2)s1. The highest BCUT2D eigenvalue weighted by molar-refractivity contribution is 9.09. The summed E-state index contributed by atoms with van der Waals surface area (Å²) in [5, 5.41) is 0. The number of hydrogen-bond acceptors (Lipinski definition) is 1. The normalized spacial score (nSPS) is 27.9. The zero-order valence-corrected chi connectivity index (χ0v) is 12.6. The summed E-state index contributed by atoms with van der Waals surface area (Å²) in [6.45, 7) is 4.63. The van der Waals surface area contributed by atoms with Crippen LogP contribution in [0.4, 0.5) is 0 Å². The maximum absolute atomic E-state index is 3.92. The second kappa shape index (κ2) is 5.68. The molecule has 0 radical (unpaired) electrons. The fourth-order valence-corrected chi connectivity index (χ4v) is 4.53. The van der Waals surface area contributed by atoms with E-state index in [1.54, 1.807) is 0 Å². The van der Waals surface area contributed by atoms with Crippen LogP contribution in [0.3, 0.4) is 0 Å². The highest BCUT2D eigenvalue weighted by Gasteiger charge is 2.26. The molecule has 1 fully saturated rings. The Kier molecular flexibility index (Phi) is 4.48. The lowest BCUT2D eigenvalue weighted by Crippen LogP contribution is -2.15. The molecule has 0 aromatic carbocycles. The van der Waals surface area contributed by atoms with Crippen molar-refractivity contribution in [1.82, 2.24) is 0 Å². The second-order valence-electron chi connectivity index (χ2n) is 5.08. The summed E-state index contributed by atoms with van der Waals surface area (Å²) in [7, 11) is 0. The predicted octanol–water partition coefficient (Wildman–Crippen LogP) is 5.57. The topological polar surface area (TPSA) is 0 Å². The largest absolute Gasteiger partial charge is 0.144 e.